The van der Waals surface area contributed by atoms with Crippen molar-refractivity contribution in [2.24, 2.45) is 0 Å². The molecule has 170 valence electrons. The number of benzene rings is 4. The maximum absolute atomic E-state index is 13.0. The number of hydrogen-bond acceptors (Lipinski definition) is 4. The molecule has 0 saturated heterocycles. The second-order valence-electron chi connectivity index (χ2n) is 9.43. The van der Waals surface area contributed by atoms with Gasteiger partial charge in [0, 0.05) is 6.07 Å². The largest absolute Gasteiger partial charge is 0.489 e. The van der Waals surface area contributed by atoms with Gasteiger partial charge in [-0.3, -0.25) is 4.79 Å². The highest BCUT2D eigenvalue weighted by atomic mass is 16.5. The lowest BCUT2D eigenvalue weighted by Crippen LogP contribution is -2.10. The van der Waals surface area contributed by atoms with Crippen LogP contribution in [0.3, 0.4) is 0 Å². The molecule has 0 radical (unpaired) electrons. The molecule has 0 aliphatic heterocycles. The SMILES string of the molecule is CC(C)(C)c1ccc(COc2ccc3c(=O)c(Oc4ccc5ccccc5c4)coc3c2)cc1. The Morgan fingerprint density at radius 1 is 0.794 bits per heavy atom. The molecule has 0 fully saturated rings. The van der Waals surface area contributed by atoms with Crippen LogP contribution in [0.4, 0.5) is 0 Å². The van der Waals surface area contributed by atoms with Crippen molar-refractivity contribution in [3.63, 3.8) is 0 Å². The van der Waals surface area contributed by atoms with Crippen LogP contribution in [0, 0.1) is 0 Å². The van der Waals surface area contributed by atoms with Crippen LogP contribution in [0.1, 0.15) is 31.9 Å². The fraction of sp³-hybridized carbons (Fsp3) is 0.167. The van der Waals surface area contributed by atoms with Crippen LogP contribution in [0.5, 0.6) is 17.2 Å². The van der Waals surface area contributed by atoms with Crippen molar-refractivity contribution in [3.05, 3.63) is 113 Å². The highest BCUT2D eigenvalue weighted by Gasteiger charge is 2.13. The lowest BCUT2D eigenvalue weighted by Gasteiger charge is -2.19. The van der Waals surface area contributed by atoms with E-state index in [-0.39, 0.29) is 16.6 Å². The Morgan fingerprint density at radius 3 is 2.29 bits per heavy atom. The third-order valence-electron chi connectivity index (χ3n) is 5.89. The van der Waals surface area contributed by atoms with Gasteiger partial charge in [0.05, 0.1) is 5.39 Å². The fourth-order valence-electron chi connectivity index (χ4n) is 3.88. The van der Waals surface area contributed by atoms with Crippen molar-refractivity contribution in [3.8, 4) is 17.2 Å². The van der Waals surface area contributed by atoms with E-state index in [2.05, 4.69) is 45.0 Å². The molecular formula is C30H26O4. The second-order valence-corrected chi connectivity index (χ2v) is 9.43. The summed E-state index contributed by atoms with van der Waals surface area (Å²) < 4.78 is 17.5. The van der Waals surface area contributed by atoms with E-state index in [1.165, 1.54) is 11.8 Å². The van der Waals surface area contributed by atoms with E-state index < -0.39 is 0 Å². The van der Waals surface area contributed by atoms with Crippen molar-refractivity contribution in [1.82, 2.24) is 0 Å². The Labute approximate surface area is 198 Å². The Hall–Kier alpha value is -4.05. The maximum Gasteiger partial charge on any atom is 0.235 e. The molecule has 0 aliphatic rings. The molecular weight excluding hydrogens is 424 g/mol. The lowest BCUT2D eigenvalue weighted by molar-refractivity contribution is 0.306. The van der Waals surface area contributed by atoms with Crippen molar-refractivity contribution in [1.29, 1.82) is 0 Å². The van der Waals surface area contributed by atoms with Gasteiger partial charge >= 0.3 is 0 Å². The van der Waals surface area contributed by atoms with Crippen LogP contribution in [-0.4, -0.2) is 0 Å². The molecule has 0 aliphatic carbocycles. The maximum atomic E-state index is 13.0. The molecule has 34 heavy (non-hydrogen) atoms. The summed E-state index contributed by atoms with van der Waals surface area (Å²) in [7, 11) is 0. The highest BCUT2D eigenvalue weighted by Crippen LogP contribution is 2.27. The van der Waals surface area contributed by atoms with Gasteiger partial charge in [-0.25, -0.2) is 0 Å². The third kappa shape index (κ3) is 4.53. The molecule has 0 amide bonds. The molecule has 0 saturated carbocycles. The monoisotopic (exact) mass is 450 g/mol. The van der Waals surface area contributed by atoms with Crippen LogP contribution in [0.25, 0.3) is 21.7 Å². The van der Waals surface area contributed by atoms with Crippen molar-refractivity contribution >= 4 is 21.7 Å². The van der Waals surface area contributed by atoms with Crippen molar-refractivity contribution in [2.45, 2.75) is 32.8 Å². The van der Waals surface area contributed by atoms with E-state index in [0.717, 1.165) is 16.3 Å². The zero-order chi connectivity index (χ0) is 23.7. The van der Waals surface area contributed by atoms with E-state index in [4.69, 9.17) is 13.9 Å². The Kier molecular flexibility index (Phi) is 5.58. The molecule has 4 heteroatoms. The van der Waals surface area contributed by atoms with Crippen molar-refractivity contribution < 1.29 is 13.9 Å². The predicted octanol–water partition coefficient (Wildman–Crippen LogP) is 7.62. The molecule has 4 aromatic carbocycles. The van der Waals surface area contributed by atoms with Gasteiger partial charge in [-0.05, 0) is 51.6 Å². The summed E-state index contributed by atoms with van der Waals surface area (Å²) in [6.45, 7) is 7.02. The van der Waals surface area contributed by atoms with Gasteiger partial charge in [0.15, 0.2) is 0 Å². The van der Waals surface area contributed by atoms with Gasteiger partial charge in [-0.1, -0.05) is 75.4 Å². The first kappa shape index (κ1) is 21.8. The average Bonchev–Trinajstić information content (AvgIpc) is 2.84. The summed E-state index contributed by atoms with van der Waals surface area (Å²) in [5, 5.41) is 2.60. The van der Waals surface area contributed by atoms with Gasteiger partial charge in [0.1, 0.15) is 30.0 Å². The van der Waals surface area contributed by atoms with Crippen LogP contribution in [0.15, 0.2) is 100 Å². The fourth-order valence-corrected chi connectivity index (χ4v) is 3.88. The minimum Gasteiger partial charge on any atom is -0.489 e. The first-order valence-electron chi connectivity index (χ1n) is 11.3. The molecule has 5 aromatic rings. The minimum atomic E-state index is -0.223. The van der Waals surface area contributed by atoms with Crippen LogP contribution in [0.2, 0.25) is 0 Å². The van der Waals surface area contributed by atoms with E-state index in [1.807, 2.05) is 42.5 Å². The van der Waals surface area contributed by atoms with Crippen LogP contribution >= 0.6 is 0 Å². The van der Waals surface area contributed by atoms with E-state index in [0.29, 0.717) is 29.1 Å². The van der Waals surface area contributed by atoms with E-state index in [1.54, 1.807) is 18.2 Å². The average molecular weight is 451 g/mol. The summed E-state index contributed by atoms with van der Waals surface area (Å²) in [4.78, 5) is 13.0. The Bertz CT molecular complexity index is 1520. The number of fused-ring (bicyclic) bond motifs is 2. The minimum absolute atomic E-state index is 0.117. The molecule has 0 atom stereocenters. The quantitative estimate of drug-likeness (QED) is 0.276. The lowest BCUT2D eigenvalue weighted by atomic mass is 9.87. The molecule has 5 rings (SSSR count). The number of ether oxygens (including phenoxy) is 2. The Balaban J connectivity index is 1.33. The van der Waals surface area contributed by atoms with Gasteiger partial charge in [0.25, 0.3) is 0 Å². The molecule has 1 heterocycles. The van der Waals surface area contributed by atoms with E-state index in [9.17, 15) is 4.79 Å². The number of hydrogen-bond donors (Lipinski definition) is 0. The van der Waals surface area contributed by atoms with Gasteiger partial charge < -0.3 is 13.9 Å². The topological polar surface area (TPSA) is 48.7 Å². The molecule has 0 unspecified atom stereocenters. The van der Waals surface area contributed by atoms with E-state index >= 15 is 0 Å². The zero-order valence-corrected chi connectivity index (χ0v) is 19.5. The molecule has 1 aromatic heterocycles. The highest BCUT2D eigenvalue weighted by molar-refractivity contribution is 5.84. The zero-order valence-electron chi connectivity index (χ0n) is 19.5. The molecule has 0 spiro atoms. The van der Waals surface area contributed by atoms with Crippen molar-refractivity contribution in [2.75, 3.05) is 0 Å². The van der Waals surface area contributed by atoms with Gasteiger partial charge in [0.2, 0.25) is 11.2 Å². The summed E-state index contributed by atoms with van der Waals surface area (Å²) in [5.74, 6) is 1.37. The molecule has 0 bridgehead atoms. The third-order valence-corrected chi connectivity index (χ3v) is 5.89. The molecule has 4 nitrogen and oxygen atoms in total. The van der Waals surface area contributed by atoms with Crippen LogP contribution in [-0.2, 0) is 12.0 Å². The summed E-state index contributed by atoms with van der Waals surface area (Å²) in [6.07, 6.45) is 1.36. The van der Waals surface area contributed by atoms with Gasteiger partial charge in [-0.15, -0.1) is 0 Å². The van der Waals surface area contributed by atoms with Crippen LogP contribution < -0.4 is 14.9 Å². The summed E-state index contributed by atoms with van der Waals surface area (Å²) in [6, 6.07) is 27.4. The Morgan fingerprint density at radius 2 is 1.53 bits per heavy atom. The van der Waals surface area contributed by atoms with Gasteiger partial charge in [-0.2, -0.15) is 0 Å². The normalized spacial score (nSPS) is 11.6. The predicted molar refractivity (Wildman–Crippen MR) is 136 cm³/mol. The second kappa shape index (κ2) is 8.71. The standard InChI is InChI=1S/C30H26O4/c1-30(2,3)23-11-8-20(9-12-23)18-32-24-14-15-26-27(17-24)33-19-28(29(26)31)34-25-13-10-21-6-4-5-7-22(21)16-25/h4-17,19H,18H2,1-3H3. The summed E-state index contributed by atoms with van der Waals surface area (Å²) >= 11 is 0. The first-order valence-corrected chi connectivity index (χ1v) is 11.3. The molecule has 0 N–H and O–H groups in total. The number of rotatable bonds is 5. The smallest absolute Gasteiger partial charge is 0.235 e. The first-order chi connectivity index (χ1) is 16.4. The summed E-state index contributed by atoms with van der Waals surface area (Å²) in [5.41, 5.74) is 2.71.